The van der Waals surface area contributed by atoms with Crippen molar-refractivity contribution in [1.82, 2.24) is 25.9 Å². The molecular weight excluding hydrogens is 402 g/mol. The zero-order chi connectivity index (χ0) is 21.1. The number of hydrogen-bond acceptors (Lipinski definition) is 4. The second-order valence-corrected chi connectivity index (χ2v) is 8.04. The Morgan fingerprint density at radius 3 is 2.90 bits per heavy atom. The summed E-state index contributed by atoms with van der Waals surface area (Å²) in [7, 11) is 0. The van der Waals surface area contributed by atoms with Crippen LogP contribution in [0, 0.1) is 0 Å². The molecule has 1 aliphatic heterocycles. The van der Waals surface area contributed by atoms with Gasteiger partial charge in [-0.25, -0.2) is 4.98 Å². The smallest absolute Gasteiger partial charge is 0.242 e. The van der Waals surface area contributed by atoms with Crippen molar-refractivity contribution in [3.05, 3.63) is 64.9 Å². The molecular formula is C22H24ClN5O2. The van der Waals surface area contributed by atoms with Crippen molar-refractivity contribution in [2.45, 2.75) is 37.9 Å². The fourth-order valence-electron chi connectivity index (χ4n) is 3.75. The quantitative estimate of drug-likeness (QED) is 0.487. The van der Waals surface area contributed by atoms with Crippen molar-refractivity contribution in [3.8, 4) is 0 Å². The lowest BCUT2D eigenvalue weighted by Gasteiger charge is -2.17. The summed E-state index contributed by atoms with van der Waals surface area (Å²) in [5.41, 5.74) is 2.76. The molecule has 8 heteroatoms. The van der Waals surface area contributed by atoms with Crippen LogP contribution in [0.5, 0.6) is 0 Å². The molecule has 2 amide bonds. The number of pyridine rings is 1. The van der Waals surface area contributed by atoms with Gasteiger partial charge in [0.1, 0.15) is 11.7 Å². The second kappa shape index (κ2) is 8.85. The normalized spacial score (nSPS) is 19.5. The predicted molar refractivity (Wildman–Crippen MR) is 116 cm³/mol. The van der Waals surface area contributed by atoms with E-state index in [4.69, 9.17) is 11.6 Å². The molecule has 4 N–H and O–H groups in total. The van der Waals surface area contributed by atoms with Gasteiger partial charge in [0, 0.05) is 30.9 Å². The first-order valence-electron chi connectivity index (χ1n) is 9.99. The molecule has 7 nitrogen and oxygen atoms in total. The van der Waals surface area contributed by atoms with Crippen LogP contribution in [0.15, 0.2) is 48.8 Å². The maximum absolute atomic E-state index is 12.6. The highest BCUT2D eigenvalue weighted by Gasteiger charge is 2.31. The SMILES string of the molecule is CC(NC(=O)C1CC(c2ccccc2)CN1)C(=O)NCc1cnc2[nH]cc(Cl)c2c1. The van der Waals surface area contributed by atoms with Crippen molar-refractivity contribution in [3.63, 3.8) is 0 Å². The third-order valence-corrected chi connectivity index (χ3v) is 5.79. The van der Waals surface area contributed by atoms with Crippen LogP contribution in [0.2, 0.25) is 5.02 Å². The van der Waals surface area contributed by atoms with Gasteiger partial charge in [-0.1, -0.05) is 41.9 Å². The molecule has 0 bridgehead atoms. The van der Waals surface area contributed by atoms with E-state index in [2.05, 4.69) is 38.1 Å². The summed E-state index contributed by atoms with van der Waals surface area (Å²) in [6, 6.07) is 11.1. The summed E-state index contributed by atoms with van der Waals surface area (Å²) in [5.74, 6) is -0.103. The Labute approximate surface area is 179 Å². The molecule has 0 radical (unpaired) electrons. The van der Waals surface area contributed by atoms with Crippen LogP contribution in [0.25, 0.3) is 11.0 Å². The number of nitrogens with zero attached hydrogens (tertiary/aromatic N) is 1. The Morgan fingerprint density at radius 1 is 1.30 bits per heavy atom. The lowest BCUT2D eigenvalue weighted by Crippen LogP contribution is -2.49. The van der Waals surface area contributed by atoms with Gasteiger partial charge in [0.25, 0.3) is 0 Å². The minimum atomic E-state index is -0.636. The number of benzene rings is 1. The van der Waals surface area contributed by atoms with Gasteiger partial charge >= 0.3 is 0 Å². The maximum Gasteiger partial charge on any atom is 0.242 e. The molecule has 1 aromatic carbocycles. The molecule has 0 aliphatic carbocycles. The highest BCUT2D eigenvalue weighted by atomic mass is 35.5. The van der Waals surface area contributed by atoms with Gasteiger partial charge < -0.3 is 20.9 Å². The summed E-state index contributed by atoms with van der Waals surface area (Å²) in [5, 5.41) is 10.3. The number of carbonyl (C=O) groups is 2. The van der Waals surface area contributed by atoms with Crippen molar-refractivity contribution >= 4 is 34.4 Å². The lowest BCUT2D eigenvalue weighted by atomic mass is 9.96. The number of H-pyrrole nitrogens is 1. The van der Waals surface area contributed by atoms with Crippen LogP contribution in [0.3, 0.4) is 0 Å². The van der Waals surface area contributed by atoms with E-state index < -0.39 is 6.04 Å². The minimum Gasteiger partial charge on any atom is -0.350 e. The molecule has 3 aromatic rings. The van der Waals surface area contributed by atoms with Gasteiger partial charge in [-0.05, 0) is 36.5 Å². The summed E-state index contributed by atoms with van der Waals surface area (Å²) >= 11 is 6.11. The van der Waals surface area contributed by atoms with Crippen LogP contribution < -0.4 is 16.0 Å². The number of carbonyl (C=O) groups excluding carboxylic acids is 2. The summed E-state index contributed by atoms with van der Waals surface area (Å²) in [6.45, 7) is 2.74. The number of aromatic nitrogens is 2. The topological polar surface area (TPSA) is 98.9 Å². The molecule has 156 valence electrons. The molecule has 30 heavy (non-hydrogen) atoms. The highest BCUT2D eigenvalue weighted by Crippen LogP contribution is 2.25. The Balaban J connectivity index is 1.27. The average molecular weight is 426 g/mol. The van der Waals surface area contributed by atoms with E-state index in [1.165, 1.54) is 5.56 Å². The van der Waals surface area contributed by atoms with Gasteiger partial charge in [0.15, 0.2) is 0 Å². The Hall–Kier alpha value is -2.90. The van der Waals surface area contributed by atoms with E-state index in [0.717, 1.165) is 17.5 Å². The minimum absolute atomic E-state index is 0.154. The Kier molecular flexibility index (Phi) is 6.01. The number of nitrogens with one attached hydrogen (secondary N) is 4. The van der Waals surface area contributed by atoms with Crippen LogP contribution in [0.1, 0.15) is 30.4 Å². The third kappa shape index (κ3) is 4.47. The first-order valence-corrected chi connectivity index (χ1v) is 10.4. The summed E-state index contributed by atoms with van der Waals surface area (Å²) < 4.78 is 0. The first kappa shape index (κ1) is 20.4. The maximum atomic E-state index is 12.6. The number of hydrogen-bond donors (Lipinski definition) is 4. The zero-order valence-corrected chi connectivity index (χ0v) is 17.4. The van der Waals surface area contributed by atoms with Gasteiger partial charge in [0.05, 0.1) is 11.1 Å². The van der Waals surface area contributed by atoms with Crippen molar-refractivity contribution < 1.29 is 9.59 Å². The molecule has 3 heterocycles. The van der Waals surface area contributed by atoms with E-state index in [0.29, 0.717) is 29.6 Å². The van der Waals surface area contributed by atoms with Gasteiger partial charge in [0.2, 0.25) is 11.8 Å². The Bertz CT molecular complexity index is 1050. The number of rotatable bonds is 6. The van der Waals surface area contributed by atoms with E-state index in [9.17, 15) is 9.59 Å². The first-order chi connectivity index (χ1) is 14.5. The number of aromatic amines is 1. The fraction of sp³-hybridized carbons (Fsp3) is 0.318. The zero-order valence-electron chi connectivity index (χ0n) is 16.6. The number of halogens is 1. The van der Waals surface area contributed by atoms with Crippen LogP contribution in [0.4, 0.5) is 0 Å². The molecule has 1 fully saturated rings. The van der Waals surface area contributed by atoms with Crippen LogP contribution >= 0.6 is 11.6 Å². The van der Waals surface area contributed by atoms with Crippen LogP contribution in [-0.2, 0) is 16.1 Å². The summed E-state index contributed by atoms with van der Waals surface area (Å²) in [4.78, 5) is 32.3. The summed E-state index contributed by atoms with van der Waals surface area (Å²) in [6.07, 6.45) is 4.08. The van der Waals surface area contributed by atoms with E-state index in [1.54, 1.807) is 19.3 Å². The van der Waals surface area contributed by atoms with Gasteiger partial charge in [-0.15, -0.1) is 0 Å². The van der Waals surface area contributed by atoms with Crippen LogP contribution in [-0.4, -0.2) is 40.4 Å². The van der Waals surface area contributed by atoms with Gasteiger partial charge in [-0.3, -0.25) is 9.59 Å². The monoisotopic (exact) mass is 425 g/mol. The molecule has 3 atom stereocenters. The van der Waals surface area contributed by atoms with Crippen molar-refractivity contribution in [2.75, 3.05) is 6.54 Å². The number of fused-ring (bicyclic) bond motifs is 1. The predicted octanol–water partition coefficient (Wildman–Crippen LogP) is 2.48. The Morgan fingerprint density at radius 2 is 2.10 bits per heavy atom. The standard InChI is InChI=1S/C22H24ClN5O2/c1-13(21(29)27-10-14-7-17-18(23)12-26-20(17)25-9-14)28-22(30)19-8-16(11-24-19)15-5-3-2-4-6-15/h2-7,9,12-13,16,19,24H,8,10-11H2,1H3,(H,25,26)(H,27,29)(H,28,30). The van der Waals surface area contributed by atoms with Gasteiger partial charge in [-0.2, -0.15) is 0 Å². The fourth-order valence-corrected chi connectivity index (χ4v) is 3.95. The highest BCUT2D eigenvalue weighted by molar-refractivity contribution is 6.35. The lowest BCUT2D eigenvalue weighted by molar-refractivity contribution is -0.129. The molecule has 3 unspecified atom stereocenters. The molecule has 1 aliphatic rings. The van der Waals surface area contributed by atoms with E-state index in [-0.39, 0.29) is 17.9 Å². The second-order valence-electron chi connectivity index (χ2n) is 7.63. The van der Waals surface area contributed by atoms with Crippen molar-refractivity contribution in [1.29, 1.82) is 0 Å². The van der Waals surface area contributed by atoms with E-state index in [1.807, 2.05) is 24.3 Å². The largest absolute Gasteiger partial charge is 0.350 e. The third-order valence-electron chi connectivity index (χ3n) is 5.47. The van der Waals surface area contributed by atoms with E-state index >= 15 is 0 Å². The average Bonchev–Trinajstić information content (AvgIpc) is 3.40. The molecule has 0 saturated carbocycles. The molecule has 2 aromatic heterocycles. The molecule has 0 spiro atoms. The number of amides is 2. The molecule has 1 saturated heterocycles. The van der Waals surface area contributed by atoms with Crippen molar-refractivity contribution in [2.24, 2.45) is 0 Å². The molecule has 4 rings (SSSR count).